The average molecular weight is 292 g/mol. The van der Waals surface area contributed by atoms with E-state index in [9.17, 15) is 14.5 Å². The highest BCUT2D eigenvalue weighted by Crippen LogP contribution is 2.23. The number of nitro benzene ring substituents is 1. The second kappa shape index (κ2) is 6.45. The molecule has 1 aromatic carbocycles. The third-order valence-corrected chi connectivity index (χ3v) is 2.88. The highest BCUT2D eigenvalue weighted by molar-refractivity contribution is 5.51. The second-order valence-corrected chi connectivity index (χ2v) is 5.17. The van der Waals surface area contributed by atoms with Crippen molar-refractivity contribution in [2.24, 2.45) is 5.92 Å². The molecule has 2 rings (SSSR count). The van der Waals surface area contributed by atoms with Crippen LogP contribution in [0.4, 0.5) is 10.1 Å². The van der Waals surface area contributed by atoms with E-state index in [1.807, 2.05) is 0 Å². The Morgan fingerprint density at radius 3 is 2.86 bits per heavy atom. The van der Waals surface area contributed by atoms with Crippen LogP contribution < -0.4 is 5.32 Å². The van der Waals surface area contributed by atoms with E-state index in [2.05, 4.69) is 24.3 Å². The number of rotatable bonds is 6. The molecule has 0 atom stereocenters. The summed E-state index contributed by atoms with van der Waals surface area (Å²) in [6.45, 7) is 5.62. The molecule has 0 amide bonds. The number of halogens is 1. The van der Waals surface area contributed by atoms with Gasteiger partial charge in [-0.2, -0.15) is 5.10 Å². The fourth-order valence-electron chi connectivity index (χ4n) is 1.91. The predicted molar refractivity (Wildman–Crippen MR) is 76.7 cm³/mol. The molecule has 0 aliphatic rings. The van der Waals surface area contributed by atoms with Crippen LogP contribution >= 0.6 is 0 Å². The lowest BCUT2D eigenvalue weighted by atomic mass is 10.2. The summed E-state index contributed by atoms with van der Waals surface area (Å²) < 4.78 is 14.6. The predicted octanol–water partition coefficient (Wildman–Crippen LogP) is 2.67. The van der Waals surface area contributed by atoms with Gasteiger partial charge in [0.25, 0.3) is 5.69 Å². The first-order valence-corrected chi connectivity index (χ1v) is 6.67. The minimum atomic E-state index is -0.548. The first-order chi connectivity index (χ1) is 9.97. The molecule has 0 bridgehead atoms. The molecule has 0 unspecified atom stereocenters. The molecule has 1 heterocycles. The minimum absolute atomic E-state index is 0.120. The Balaban J connectivity index is 2.21. The van der Waals surface area contributed by atoms with Gasteiger partial charge >= 0.3 is 0 Å². The molecule has 112 valence electrons. The Kier molecular flexibility index (Phi) is 4.64. The molecule has 21 heavy (non-hydrogen) atoms. The lowest BCUT2D eigenvalue weighted by Crippen LogP contribution is -2.19. The van der Waals surface area contributed by atoms with Crippen LogP contribution in [0.5, 0.6) is 0 Å². The standard InChI is InChI=1S/C14H17FN4O2/c1-10(2)8-16-9-12-5-6-18(17-12)14-7-11(15)3-4-13(14)19(20)21/h3-7,10,16H,8-9H2,1-2H3. The van der Waals surface area contributed by atoms with Gasteiger partial charge in [0.2, 0.25) is 0 Å². The van der Waals surface area contributed by atoms with Gasteiger partial charge in [-0.25, -0.2) is 9.07 Å². The summed E-state index contributed by atoms with van der Waals surface area (Å²) in [6, 6.07) is 5.07. The maximum atomic E-state index is 13.3. The van der Waals surface area contributed by atoms with Crippen LogP contribution in [-0.4, -0.2) is 21.2 Å². The fraction of sp³-hybridized carbons (Fsp3) is 0.357. The first-order valence-electron chi connectivity index (χ1n) is 6.67. The van der Waals surface area contributed by atoms with Crippen molar-refractivity contribution in [1.29, 1.82) is 0 Å². The monoisotopic (exact) mass is 292 g/mol. The van der Waals surface area contributed by atoms with Crippen molar-refractivity contribution in [3.63, 3.8) is 0 Å². The van der Waals surface area contributed by atoms with Crippen LogP contribution in [0.2, 0.25) is 0 Å². The third kappa shape index (κ3) is 3.85. The molecular weight excluding hydrogens is 275 g/mol. The molecule has 0 spiro atoms. The molecule has 2 aromatic rings. The summed E-state index contributed by atoms with van der Waals surface area (Å²) in [7, 11) is 0. The van der Waals surface area contributed by atoms with Gasteiger partial charge in [0, 0.05) is 24.9 Å². The molecule has 1 aromatic heterocycles. The summed E-state index contributed by atoms with van der Waals surface area (Å²) in [5.41, 5.74) is 0.686. The summed E-state index contributed by atoms with van der Waals surface area (Å²) in [5.74, 6) is -0.0121. The van der Waals surface area contributed by atoms with Gasteiger partial charge < -0.3 is 5.32 Å². The van der Waals surface area contributed by atoms with Gasteiger partial charge in [-0.1, -0.05) is 13.8 Å². The van der Waals surface area contributed by atoms with Gasteiger partial charge in [-0.3, -0.25) is 10.1 Å². The van der Waals surface area contributed by atoms with Crippen LogP contribution in [0.1, 0.15) is 19.5 Å². The lowest BCUT2D eigenvalue weighted by Gasteiger charge is -2.05. The number of nitro groups is 1. The SMILES string of the molecule is CC(C)CNCc1ccn(-c2cc(F)ccc2[N+](=O)[O-])n1. The van der Waals surface area contributed by atoms with Gasteiger partial charge in [-0.15, -0.1) is 0 Å². The van der Waals surface area contributed by atoms with Crippen molar-refractivity contribution in [2.75, 3.05) is 6.54 Å². The molecule has 7 heteroatoms. The van der Waals surface area contributed by atoms with E-state index in [0.717, 1.165) is 30.4 Å². The lowest BCUT2D eigenvalue weighted by molar-refractivity contribution is -0.384. The van der Waals surface area contributed by atoms with Crippen molar-refractivity contribution in [3.8, 4) is 5.69 Å². The zero-order valence-corrected chi connectivity index (χ0v) is 11.9. The zero-order valence-electron chi connectivity index (χ0n) is 11.9. The summed E-state index contributed by atoms with van der Waals surface area (Å²) in [6.07, 6.45) is 1.59. The highest BCUT2D eigenvalue weighted by atomic mass is 19.1. The topological polar surface area (TPSA) is 73.0 Å². The number of nitrogens with zero attached hydrogens (tertiary/aromatic N) is 3. The Morgan fingerprint density at radius 2 is 2.19 bits per heavy atom. The highest BCUT2D eigenvalue weighted by Gasteiger charge is 2.17. The van der Waals surface area contributed by atoms with Crippen LogP contribution in [0.15, 0.2) is 30.5 Å². The number of hydrogen-bond acceptors (Lipinski definition) is 4. The number of benzene rings is 1. The summed E-state index contributed by atoms with van der Waals surface area (Å²) in [4.78, 5) is 10.4. The van der Waals surface area contributed by atoms with E-state index < -0.39 is 10.7 Å². The van der Waals surface area contributed by atoms with E-state index >= 15 is 0 Å². The molecule has 0 aliphatic heterocycles. The van der Waals surface area contributed by atoms with Crippen molar-refractivity contribution in [2.45, 2.75) is 20.4 Å². The minimum Gasteiger partial charge on any atom is -0.311 e. The smallest absolute Gasteiger partial charge is 0.295 e. The van der Waals surface area contributed by atoms with Crippen LogP contribution in [0.3, 0.4) is 0 Å². The van der Waals surface area contributed by atoms with Gasteiger partial charge in [-0.05, 0) is 24.6 Å². The molecule has 0 radical (unpaired) electrons. The third-order valence-electron chi connectivity index (χ3n) is 2.88. The molecule has 0 saturated heterocycles. The summed E-state index contributed by atoms with van der Waals surface area (Å²) >= 11 is 0. The largest absolute Gasteiger partial charge is 0.311 e. The number of hydrogen-bond donors (Lipinski definition) is 1. The van der Waals surface area contributed by atoms with E-state index in [-0.39, 0.29) is 11.4 Å². The van der Waals surface area contributed by atoms with Crippen LogP contribution in [0, 0.1) is 21.8 Å². The maximum Gasteiger partial charge on any atom is 0.295 e. The van der Waals surface area contributed by atoms with E-state index in [0.29, 0.717) is 12.5 Å². The van der Waals surface area contributed by atoms with Crippen molar-refractivity contribution in [3.05, 3.63) is 52.1 Å². The summed E-state index contributed by atoms with van der Waals surface area (Å²) in [5, 5.41) is 18.5. The molecule has 0 saturated carbocycles. The molecule has 0 aliphatic carbocycles. The molecule has 0 fully saturated rings. The van der Waals surface area contributed by atoms with Crippen molar-refractivity contribution in [1.82, 2.24) is 15.1 Å². The zero-order chi connectivity index (χ0) is 15.4. The molecule has 6 nitrogen and oxygen atoms in total. The molecular formula is C14H17FN4O2. The van der Waals surface area contributed by atoms with E-state index in [1.165, 1.54) is 4.68 Å². The Hall–Kier alpha value is -2.28. The average Bonchev–Trinajstić information content (AvgIpc) is 2.86. The van der Waals surface area contributed by atoms with Crippen LogP contribution in [0.25, 0.3) is 5.69 Å². The number of aromatic nitrogens is 2. The quantitative estimate of drug-likeness (QED) is 0.656. The number of nitrogens with one attached hydrogen (secondary N) is 1. The van der Waals surface area contributed by atoms with Crippen molar-refractivity contribution >= 4 is 5.69 Å². The van der Waals surface area contributed by atoms with Gasteiger partial charge in [0.05, 0.1) is 10.6 Å². The van der Waals surface area contributed by atoms with E-state index in [4.69, 9.17) is 0 Å². The van der Waals surface area contributed by atoms with Crippen LogP contribution in [-0.2, 0) is 6.54 Å². The van der Waals surface area contributed by atoms with Gasteiger partial charge in [0.15, 0.2) is 0 Å². The Morgan fingerprint density at radius 1 is 1.43 bits per heavy atom. The van der Waals surface area contributed by atoms with Gasteiger partial charge in [0.1, 0.15) is 11.5 Å². The molecule has 1 N–H and O–H groups in total. The normalized spacial score (nSPS) is 11.0. The van der Waals surface area contributed by atoms with E-state index in [1.54, 1.807) is 12.3 Å². The Labute approximate surface area is 121 Å². The maximum absolute atomic E-state index is 13.3. The Bertz CT molecular complexity index is 640. The fourth-order valence-corrected chi connectivity index (χ4v) is 1.91. The second-order valence-electron chi connectivity index (χ2n) is 5.17. The first kappa shape index (κ1) is 15.1. The van der Waals surface area contributed by atoms with Crippen molar-refractivity contribution < 1.29 is 9.31 Å².